The number of hydrogen-bond acceptors (Lipinski definition) is 5. The first kappa shape index (κ1) is 26.0. The normalized spacial score (nSPS) is 19.7. The van der Waals surface area contributed by atoms with E-state index in [1.165, 1.54) is 0 Å². The van der Waals surface area contributed by atoms with E-state index in [0.29, 0.717) is 13.1 Å². The Morgan fingerprint density at radius 2 is 2.04 bits per heavy atom. The molecule has 0 aliphatic carbocycles. The molecule has 1 aromatic rings. The summed E-state index contributed by atoms with van der Waals surface area (Å²) in [6.45, 7) is 7.08. The Kier molecular flexibility index (Phi) is 12.7. The van der Waals surface area contributed by atoms with Crippen molar-refractivity contribution in [1.82, 2.24) is 10.2 Å². The van der Waals surface area contributed by atoms with Crippen LogP contribution in [0.25, 0.3) is 0 Å². The largest absolute Gasteiger partial charge is 0.497 e. The smallest absolute Gasteiger partial charge is 0.249 e. The fourth-order valence-corrected chi connectivity index (χ4v) is 3.35. The molecule has 0 saturated carbocycles. The molecule has 1 amide bonds. The lowest BCUT2D eigenvalue weighted by Gasteiger charge is -2.30. The Labute approximate surface area is 175 Å². The van der Waals surface area contributed by atoms with Crippen LogP contribution in [0.2, 0.25) is 0 Å². The highest BCUT2D eigenvalue weighted by atomic mass is 35.5. The predicted octanol–water partition coefficient (Wildman–Crippen LogP) is 2.54. The molecule has 0 bridgehead atoms. The van der Waals surface area contributed by atoms with Crippen LogP contribution >= 0.6 is 24.8 Å². The van der Waals surface area contributed by atoms with E-state index in [2.05, 4.69) is 30.1 Å². The second-order valence-electron chi connectivity index (χ2n) is 6.32. The fraction of sp³-hybridized carbons (Fsp3) is 0.632. The van der Waals surface area contributed by atoms with Gasteiger partial charge in [-0.25, -0.2) is 0 Å². The van der Waals surface area contributed by atoms with Crippen LogP contribution in [0.15, 0.2) is 24.3 Å². The summed E-state index contributed by atoms with van der Waals surface area (Å²) in [4.78, 5) is 14.8. The van der Waals surface area contributed by atoms with Crippen molar-refractivity contribution in [2.24, 2.45) is 5.73 Å². The first-order valence-electron chi connectivity index (χ1n) is 9.14. The van der Waals surface area contributed by atoms with E-state index < -0.39 is 0 Å². The van der Waals surface area contributed by atoms with Gasteiger partial charge in [0.1, 0.15) is 11.9 Å². The van der Waals surface area contributed by atoms with E-state index in [1.54, 1.807) is 7.11 Å². The van der Waals surface area contributed by atoms with Crippen molar-refractivity contribution in [3.8, 4) is 5.75 Å². The molecule has 1 saturated heterocycles. The van der Waals surface area contributed by atoms with Crippen LogP contribution in [0.3, 0.4) is 0 Å². The van der Waals surface area contributed by atoms with Gasteiger partial charge in [0.25, 0.3) is 0 Å². The number of halogens is 2. The van der Waals surface area contributed by atoms with Gasteiger partial charge in [0.05, 0.1) is 19.3 Å². The Bertz CT molecular complexity index is 559. The Balaban J connectivity index is 0.00000338. The molecule has 1 aliphatic rings. The number of benzene rings is 1. The third-order valence-corrected chi connectivity index (χ3v) is 4.86. The standard InChI is InChI=1S/C19H31N3O3.2ClH/c1-4-22(5-2)17(14-7-6-8-15(11-14)24-3)13-21-19(23)18-10-9-16(12-20)25-18;;/h6-8,11,16-18H,4-5,9-10,12-13,20H2,1-3H3,(H,21,23);2*1H/t16-,17?,18+;;/m1../s1. The number of carbonyl (C=O) groups is 1. The van der Waals surface area contributed by atoms with Gasteiger partial charge in [-0.15, -0.1) is 24.8 Å². The Hall–Kier alpha value is -1.05. The monoisotopic (exact) mass is 421 g/mol. The predicted molar refractivity (Wildman–Crippen MR) is 113 cm³/mol. The van der Waals surface area contributed by atoms with Crippen molar-refractivity contribution in [1.29, 1.82) is 0 Å². The summed E-state index contributed by atoms with van der Waals surface area (Å²) < 4.78 is 11.0. The molecule has 1 fully saturated rings. The quantitative estimate of drug-likeness (QED) is 0.640. The highest BCUT2D eigenvalue weighted by Gasteiger charge is 2.30. The van der Waals surface area contributed by atoms with E-state index in [0.717, 1.165) is 37.2 Å². The number of nitrogens with two attached hydrogens (primary N) is 1. The number of carbonyl (C=O) groups excluding carboxylic acids is 1. The summed E-state index contributed by atoms with van der Waals surface area (Å²) in [5, 5.41) is 3.07. The number of hydrogen-bond donors (Lipinski definition) is 2. The first-order valence-corrected chi connectivity index (χ1v) is 9.14. The average Bonchev–Trinajstić information content (AvgIpc) is 3.14. The topological polar surface area (TPSA) is 76.8 Å². The zero-order chi connectivity index (χ0) is 18.2. The van der Waals surface area contributed by atoms with Gasteiger partial charge in [-0.2, -0.15) is 0 Å². The van der Waals surface area contributed by atoms with Crippen LogP contribution in [0.4, 0.5) is 0 Å². The maximum Gasteiger partial charge on any atom is 0.249 e. The molecule has 3 N–H and O–H groups in total. The van der Waals surface area contributed by atoms with E-state index in [4.69, 9.17) is 15.2 Å². The number of likely N-dealkylation sites (N-methyl/N-ethyl adjacent to an activating group) is 1. The van der Waals surface area contributed by atoms with Crippen LogP contribution in [-0.2, 0) is 9.53 Å². The van der Waals surface area contributed by atoms with Crippen molar-refractivity contribution >= 4 is 30.7 Å². The van der Waals surface area contributed by atoms with Gasteiger partial charge in [0, 0.05) is 13.1 Å². The molecule has 1 unspecified atom stereocenters. The summed E-state index contributed by atoms with van der Waals surface area (Å²) in [6.07, 6.45) is 1.22. The minimum Gasteiger partial charge on any atom is -0.497 e. The van der Waals surface area contributed by atoms with E-state index in [1.807, 2.05) is 18.2 Å². The Morgan fingerprint density at radius 1 is 1.33 bits per heavy atom. The van der Waals surface area contributed by atoms with Gasteiger partial charge >= 0.3 is 0 Å². The highest BCUT2D eigenvalue weighted by Crippen LogP contribution is 2.24. The second-order valence-corrected chi connectivity index (χ2v) is 6.32. The molecule has 0 spiro atoms. The van der Waals surface area contributed by atoms with Crippen LogP contribution in [0.5, 0.6) is 5.75 Å². The molecule has 1 aromatic carbocycles. The van der Waals surface area contributed by atoms with Crippen molar-refractivity contribution in [2.45, 2.75) is 44.9 Å². The van der Waals surface area contributed by atoms with Gasteiger partial charge in [0.2, 0.25) is 5.91 Å². The van der Waals surface area contributed by atoms with Gasteiger partial charge in [-0.05, 0) is 43.6 Å². The lowest BCUT2D eigenvalue weighted by Crippen LogP contribution is -2.42. The molecule has 8 heteroatoms. The van der Waals surface area contributed by atoms with E-state index >= 15 is 0 Å². The molecular formula is C19H33Cl2N3O3. The van der Waals surface area contributed by atoms with Gasteiger partial charge in [-0.3, -0.25) is 9.69 Å². The van der Waals surface area contributed by atoms with Crippen LogP contribution in [-0.4, -0.2) is 56.3 Å². The summed E-state index contributed by atoms with van der Waals surface area (Å²) >= 11 is 0. The van der Waals surface area contributed by atoms with Crippen molar-refractivity contribution in [2.75, 3.05) is 33.3 Å². The number of methoxy groups -OCH3 is 1. The molecule has 0 aromatic heterocycles. The van der Waals surface area contributed by atoms with Crippen LogP contribution in [0.1, 0.15) is 38.3 Å². The maximum absolute atomic E-state index is 12.4. The molecule has 1 aliphatic heterocycles. The third kappa shape index (κ3) is 7.12. The van der Waals surface area contributed by atoms with Gasteiger partial charge in [0.15, 0.2) is 0 Å². The average molecular weight is 422 g/mol. The van der Waals surface area contributed by atoms with Crippen molar-refractivity contribution in [3.05, 3.63) is 29.8 Å². The van der Waals surface area contributed by atoms with Crippen LogP contribution in [0, 0.1) is 0 Å². The van der Waals surface area contributed by atoms with E-state index in [9.17, 15) is 4.79 Å². The molecule has 1 heterocycles. The van der Waals surface area contributed by atoms with Gasteiger partial charge < -0.3 is 20.5 Å². The summed E-state index contributed by atoms with van der Waals surface area (Å²) in [5.74, 6) is 0.780. The van der Waals surface area contributed by atoms with Crippen molar-refractivity contribution in [3.63, 3.8) is 0 Å². The summed E-state index contributed by atoms with van der Waals surface area (Å²) in [5.41, 5.74) is 6.76. The molecular weight excluding hydrogens is 389 g/mol. The van der Waals surface area contributed by atoms with Crippen molar-refractivity contribution < 1.29 is 14.3 Å². The van der Waals surface area contributed by atoms with E-state index in [-0.39, 0.29) is 49.0 Å². The number of rotatable bonds is 9. The zero-order valence-electron chi connectivity index (χ0n) is 16.3. The molecule has 2 rings (SSSR count). The minimum atomic E-state index is -0.379. The minimum absolute atomic E-state index is 0. The lowest BCUT2D eigenvalue weighted by molar-refractivity contribution is -0.132. The van der Waals surface area contributed by atoms with Gasteiger partial charge in [-0.1, -0.05) is 26.0 Å². The molecule has 156 valence electrons. The molecule has 0 radical (unpaired) electrons. The number of nitrogens with one attached hydrogen (secondary N) is 1. The highest BCUT2D eigenvalue weighted by molar-refractivity contribution is 5.85. The summed E-state index contributed by atoms with van der Waals surface area (Å²) in [6, 6.07) is 8.12. The lowest BCUT2D eigenvalue weighted by atomic mass is 10.0. The molecule has 3 atom stereocenters. The second kappa shape index (κ2) is 13.2. The number of ether oxygens (including phenoxy) is 2. The SMILES string of the molecule is CCN(CC)C(CNC(=O)[C@@H]1CC[C@H](CN)O1)c1cccc(OC)c1.Cl.Cl. The molecule has 27 heavy (non-hydrogen) atoms. The maximum atomic E-state index is 12.4. The molecule has 6 nitrogen and oxygen atoms in total. The first-order chi connectivity index (χ1) is 12.1. The fourth-order valence-electron chi connectivity index (χ4n) is 3.35. The number of nitrogens with zero attached hydrogens (tertiary/aromatic N) is 1. The third-order valence-electron chi connectivity index (χ3n) is 4.86. The number of amides is 1. The zero-order valence-corrected chi connectivity index (χ0v) is 18.0. The van der Waals surface area contributed by atoms with Crippen LogP contribution < -0.4 is 15.8 Å². The summed E-state index contributed by atoms with van der Waals surface area (Å²) in [7, 11) is 1.67. The Morgan fingerprint density at radius 3 is 2.59 bits per heavy atom.